The van der Waals surface area contributed by atoms with Crippen molar-refractivity contribution in [1.82, 2.24) is 10.5 Å². The number of aryl methyl sites for hydroxylation is 1. The van der Waals surface area contributed by atoms with E-state index in [1.807, 2.05) is 6.08 Å². The second kappa shape index (κ2) is 7.82. The second-order valence-corrected chi connectivity index (χ2v) is 7.04. The summed E-state index contributed by atoms with van der Waals surface area (Å²) in [6.45, 7) is 4.42. The Bertz CT molecular complexity index is 649. The zero-order valence-corrected chi connectivity index (χ0v) is 14.1. The van der Waals surface area contributed by atoms with E-state index in [-0.39, 0.29) is 0 Å². The highest BCUT2D eigenvalue weighted by Crippen LogP contribution is 2.34. The fourth-order valence-corrected chi connectivity index (χ4v) is 3.49. The van der Waals surface area contributed by atoms with Crippen molar-refractivity contribution >= 4 is 11.6 Å². The predicted octanol–water partition coefficient (Wildman–Crippen LogP) is 2.43. The van der Waals surface area contributed by atoms with Gasteiger partial charge in [0.1, 0.15) is 0 Å². The largest absolute Gasteiger partial charge is 0.516 e. The van der Waals surface area contributed by atoms with Gasteiger partial charge in [0, 0.05) is 5.22 Å². The topological polar surface area (TPSA) is 58.3 Å². The average Bonchev–Trinajstić information content (AvgIpc) is 3.29. The summed E-state index contributed by atoms with van der Waals surface area (Å²) in [6, 6.07) is 0. The molecule has 1 saturated carbocycles. The van der Waals surface area contributed by atoms with Gasteiger partial charge in [-0.05, 0) is 94.5 Å². The normalized spacial score (nSPS) is 22.0. The Hall–Kier alpha value is -1.55. The molecule has 1 aromatic rings. The van der Waals surface area contributed by atoms with E-state index in [1.54, 1.807) is 6.08 Å². The Balaban J connectivity index is 1.80. The van der Waals surface area contributed by atoms with Crippen molar-refractivity contribution in [3.8, 4) is 0 Å². The SMILES string of the molecule is C\C(CC1CC1)=c1/onc(CCC2CCNCC2)/c1=C/C=C/O. The van der Waals surface area contributed by atoms with E-state index in [4.69, 9.17) is 9.63 Å². The summed E-state index contributed by atoms with van der Waals surface area (Å²) in [5, 5.41) is 17.8. The summed E-state index contributed by atoms with van der Waals surface area (Å²) in [7, 11) is 0. The highest BCUT2D eigenvalue weighted by molar-refractivity contribution is 5.45. The minimum absolute atomic E-state index is 0.786. The fraction of sp³-hybridized carbons (Fsp3) is 0.632. The number of hydrogen-bond donors (Lipinski definition) is 2. The number of piperidine rings is 1. The Morgan fingerprint density at radius 3 is 2.74 bits per heavy atom. The van der Waals surface area contributed by atoms with Crippen molar-refractivity contribution in [3.63, 3.8) is 0 Å². The summed E-state index contributed by atoms with van der Waals surface area (Å²) >= 11 is 0. The monoisotopic (exact) mass is 316 g/mol. The third-order valence-electron chi connectivity index (χ3n) is 5.08. The number of hydrogen-bond acceptors (Lipinski definition) is 4. The molecule has 1 aliphatic carbocycles. The Morgan fingerprint density at radius 1 is 1.26 bits per heavy atom. The number of rotatable bonds is 6. The van der Waals surface area contributed by atoms with Crippen molar-refractivity contribution in [2.24, 2.45) is 11.8 Å². The lowest BCUT2D eigenvalue weighted by Crippen LogP contribution is -2.29. The number of aromatic nitrogens is 1. The third kappa shape index (κ3) is 4.47. The number of nitrogens with zero attached hydrogens (tertiary/aromatic N) is 1. The van der Waals surface area contributed by atoms with Crippen LogP contribution in [0.2, 0.25) is 0 Å². The third-order valence-corrected chi connectivity index (χ3v) is 5.08. The van der Waals surface area contributed by atoms with Crippen LogP contribution in [0.3, 0.4) is 0 Å². The Kier molecular flexibility index (Phi) is 5.55. The summed E-state index contributed by atoms with van der Waals surface area (Å²) in [4.78, 5) is 0. The van der Waals surface area contributed by atoms with Crippen molar-refractivity contribution in [3.05, 3.63) is 28.7 Å². The van der Waals surface area contributed by atoms with Gasteiger partial charge in [0.2, 0.25) is 0 Å². The second-order valence-electron chi connectivity index (χ2n) is 7.04. The van der Waals surface area contributed by atoms with Gasteiger partial charge in [0.25, 0.3) is 0 Å². The molecule has 0 unspecified atom stereocenters. The molecule has 0 radical (unpaired) electrons. The lowest BCUT2D eigenvalue weighted by molar-refractivity contribution is 0.346. The molecule has 23 heavy (non-hydrogen) atoms. The van der Waals surface area contributed by atoms with E-state index >= 15 is 0 Å². The highest BCUT2D eigenvalue weighted by atomic mass is 16.5. The highest BCUT2D eigenvalue weighted by Gasteiger charge is 2.22. The number of aliphatic hydroxyl groups is 1. The maximum atomic E-state index is 9.00. The van der Waals surface area contributed by atoms with Gasteiger partial charge in [-0.2, -0.15) is 0 Å². The molecule has 1 saturated heterocycles. The van der Waals surface area contributed by atoms with Gasteiger partial charge in [0.15, 0.2) is 5.42 Å². The van der Waals surface area contributed by atoms with Gasteiger partial charge < -0.3 is 14.9 Å². The van der Waals surface area contributed by atoms with Crippen molar-refractivity contribution < 1.29 is 9.63 Å². The smallest absolute Gasteiger partial charge is 0.166 e. The van der Waals surface area contributed by atoms with E-state index in [0.29, 0.717) is 0 Å². The molecule has 3 rings (SSSR count). The quantitative estimate of drug-likeness (QED) is 0.792. The first-order valence-electron chi connectivity index (χ1n) is 8.94. The summed E-state index contributed by atoms with van der Waals surface area (Å²) in [5.74, 6) is 1.62. The molecule has 0 bridgehead atoms. The van der Waals surface area contributed by atoms with Crippen LogP contribution in [0.5, 0.6) is 0 Å². The summed E-state index contributed by atoms with van der Waals surface area (Å²) in [6.07, 6.45) is 13.1. The maximum Gasteiger partial charge on any atom is 0.166 e. The number of allylic oxidation sites excluding steroid dienone is 1. The molecule has 2 N–H and O–H groups in total. The van der Waals surface area contributed by atoms with E-state index in [0.717, 1.165) is 60.4 Å². The van der Waals surface area contributed by atoms with Gasteiger partial charge in [-0.3, -0.25) is 0 Å². The summed E-state index contributed by atoms with van der Waals surface area (Å²) in [5.41, 5.74) is 3.23. The van der Waals surface area contributed by atoms with Crippen LogP contribution >= 0.6 is 0 Å². The standard InChI is InChI=1S/C19H28N2O2/c1-14(13-16-4-5-16)19-17(3-2-12-22)18(21-23-19)7-6-15-8-10-20-11-9-15/h2-3,12,15-16,20,22H,4-11,13H2,1H3/b12-2+,17-3-,19-14+. The van der Waals surface area contributed by atoms with E-state index < -0.39 is 0 Å². The van der Waals surface area contributed by atoms with Crippen LogP contribution in [0.1, 0.15) is 51.1 Å². The molecule has 2 fully saturated rings. The minimum atomic E-state index is 0.786. The Morgan fingerprint density at radius 2 is 2.04 bits per heavy atom. The van der Waals surface area contributed by atoms with Crippen LogP contribution in [0.25, 0.3) is 11.6 Å². The molecule has 2 aliphatic rings. The average molecular weight is 316 g/mol. The van der Waals surface area contributed by atoms with Crippen LogP contribution in [0.15, 0.2) is 16.9 Å². The molecular formula is C19H28N2O2. The van der Waals surface area contributed by atoms with Crippen molar-refractivity contribution in [2.75, 3.05) is 13.1 Å². The minimum Gasteiger partial charge on any atom is -0.516 e. The molecular weight excluding hydrogens is 288 g/mol. The fourth-order valence-electron chi connectivity index (χ4n) is 3.49. The molecule has 1 aromatic heterocycles. The first-order chi connectivity index (χ1) is 11.3. The molecule has 2 heterocycles. The van der Waals surface area contributed by atoms with Gasteiger partial charge in [-0.1, -0.05) is 5.16 Å². The number of nitrogens with one attached hydrogen (secondary N) is 1. The lowest BCUT2D eigenvalue weighted by Gasteiger charge is -2.21. The van der Waals surface area contributed by atoms with E-state index in [2.05, 4.69) is 17.4 Å². The number of aliphatic hydroxyl groups excluding tert-OH is 1. The molecule has 1 aliphatic heterocycles. The molecule has 4 nitrogen and oxygen atoms in total. The zero-order chi connectivity index (χ0) is 16.1. The van der Waals surface area contributed by atoms with Crippen LogP contribution < -0.4 is 16.0 Å². The van der Waals surface area contributed by atoms with Crippen LogP contribution in [-0.2, 0) is 6.42 Å². The van der Waals surface area contributed by atoms with Crippen LogP contribution in [0, 0.1) is 11.8 Å². The first kappa shape index (κ1) is 16.3. The zero-order valence-electron chi connectivity index (χ0n) is 14.1. The molecule has 126 valence electrons. The van der Waals surface area contributed by atoms with E-state index in [1.165, 1.54) is 37.7 Å². The lowest BCUT2D eigenvalue weighted by atomic mass is 9.92. The summed E-state index contributed by atoms with van der Waals surface area (Å²) < 4.78 is 5.68. The van der Waals surface area contributed by atoms with Gasteiger partial charge in [-0.15, -0.1) is 0 Å². The van der Waals surface area contributed by atoms with Crippen molar-refractivity contribution in [1.29, 1.82) is 0 Å². The molecule has 0 amide bonds. The first-order valence-corrected chi connectivity index (χ1v) is 8.94. The predicted molar refractivity (Wildman–Crippen MR) is 92.3 cm³/mol. The molecule has 0 spiro atoms. The molecule has 4 heteroatoms. The van der Waals surface area contributed by atoms with Gasteiger partial charge in [0.05, 0.1) is 12.0 Å². The van der Waals surface area contributed by atoms with Crippen molar-refractivity contribution in [2.45, 2.75) is 51.9 Å². The van der Waals surface area contributed by atoms with Gasteiger partial charge in [-0.25, -0.2) is 0 Å². The van der Waals surface area contributed by atoms with E-state index in [9.17, 15) is 0 Å². The van der Waals surface area contributed by atoms with Gasteiger partial charge >= 0.3 is 0 Å². The van der Waals surface area contributed by atoms with Crippen LogP contribution in [0.4, 0.5) is 0 Å². The molecule has 0 aromatic carbocycles. The molecule has 0 atom stereocenters. The van der Waals surface area contributed by atoms with Crippen LogP contribution in [-0.4, -0.2) is 23.4 Å². The Labute approximate surface area is 137 Å². The maximum absolute atomic E-state index is 9.00.